The van der Waals surface area contributed by atoms with E-state index in [1.165, 1.54) is 24.7 Å². The topological polar surface area (TPSA) is 68.9 Å². The van der Waals surface area contributed by atoms with Gasteiger partial charge in [0, 0.05) is 24.8 Å². The van der Waals surface area contributed by atoms with Gasteiger partial charge in [0.1, 0.15) is 11.2 Å². The van der Waals surface area contributed by atoms with Gasteiger partial charge in [-0.15, -0.1) is 0 Å². The highest BCUT2D eigenvalue weighted by Crippen LogP contribution is 2.28. The Morgan fingerprint density at radius 2 is 1.92 bits per heavy atom. The summed E-state index contributed by atoms with van der Waals surface area (Å²) in [7, 11) is 2.94. The van der Waals surface area contributed by atoms with Crippen molar-refractivity contribution < 1.29 is 4.39 Å². The van der Waals surface area contributed by atoms with Crippen molar-refractivity contribution in [3.05, 3.63) is 61.1 Å². The summed E-state index contributed by atoms with van der Waals surface area (Å²) in [4.78, 5) is 28.8. The van der Waals surface area contributed by atoms with Gasteiger partial charge in [0.2, 0.25) is 0 Å². The third kappa shape index (κ3) is 2.52. The second-order valence-corrected chi connectivity index (χ2v) is 6.39. The maximum atomic E-state index is 14.1. The molecular formula is C16H14BrFN4O2. The van der Waals surface area contributed by atoms with E-state index in [-0.39, 0.29) is 16.7 Å². The standard InChI is InChI=1S/C16H14BrFN4O2/c1-8-7-19-14-12(15(23)22(3)16(24)21(14)2)13(8)20-11-5-4-9(17)6-10(11)18/h4-7H,1-3H3,(H,19,20). The Kier molecular flexibility index (Phi) is 4.00. The molecule has 0 spiro atoms. The van der Waals surface area contributed by atoms with E-state index >= 15 is 0 Å². The maximum absolute atomic E-state index is 14.1. The van der Waals surface area contributed by atoms with Crippen molar-refractivity contribution in [3.63, 3.8) is 0 Å². The van der Waals surface area contributed by atoms with Crippen molar-refractivity contribution in [2.24, 2.45) is 14.1 Å². The zero-order chi connectivity index (χ0) is 17.6. The molecule has 124 valence electrons. The lowest BCUT2D eigenvalue weighted by atomic mass is 10.1. The monoisotopic (exact) mass is 392 g/mol. The molecule has 0 radical (unpaired) electrons. The SMILES string of the molecule is Cc1cnc2c(c1Nc1ccc(Br)cc1F)c(=O)n(C)c(=O)n2C. The minimum atomic E-state index is -0.482. The number of anilines is 2. The lowest BCUT2D eigenvalue weighted by molar-refractivity contribution is 0.631. The zero-order valence-corrected chi connectivity index (χ0v) is 14.8. The fraction of sp³-hybridized carbons (Fsp3) is 0.188. The van der Waals surface area contributed by atoms with Crippen LogP contribution in [0.4, 0.5) is 15.8 Å². The van der Waals surface area contributed by atoms with Crippen LogP contribution in [0.25, 0.3) is 11.0 Å². The quantitative estimate of drug-likeness (QED) is 0.727. The summed E-state index contributed by atoms with van der Waals surface area (Å²) in [6.07, 6.45) is 1.54. The first-order valence-corrected chi connectivity index (χ1v) is 7.88. The Morgan fingerprint density at radius 3 is 2.58 bits per heavy atom. The number of aromatic nitrogens is 3. The molecule has 3 aromatic rings. The Labute approximate surface area is 144 Å². The largest absolute Gasteiger partial charge is 0.352 e. The van der Waals surface area contributed by atoms with Crippen LogP contribution in [0.2, 0.25) is 0 Å². The van der Waals surface area contributed by atoms with Gasteiger partial charge in [-0.05, 0) is 30.7 Å². The highest BCUT2D eigenvalue weighted by atomic mass is 79.9. The van der Waals surface area contributed by atoms with Crippen LogP contribution in [-0.4, -0.2) is 14.1 Å². The van der Waals surface area contributed by atoms with Crippen LogP contribution in [0.1, 0.15) is 5.56 Å². The number of hydrogen-bond donors (Lipinski definition) is 1. The van der Waals surface area contributed by atoms with Crippen molar-refractivity contribution in [3.8, 4) is 0 Å². The van der Waals surface area contributed by atoms with Crippen LogP contribution in [0, 0.1) is 12.7 Å². The summed E-state index contributed by atoms with van der Waals surface area (Å²) in [5.74, 6) is -0.463. The molecule has 0 aliphatic carbocycles. The summed E-state index contributed by atoms with van der Waals surface area (Å²) in [6.45, 7) is 1.76. The highest BCUT2D eigenvalue weighted by Gasteiger charge is 2.16. The van der Waals surface area contributed by atoms with Crippen LogP contribution in [0.5, 0.6) is 0 Å². The minimum absolute atomic E-state index is 0.227. The van der Waals surface area contributed by atoms with Crippen LogP contribution in [0.15, 0.2) is 38.5 Å². The van der Waals surface area contributed by atoms with Crippen molar-refractivity contribution in [2.75, 3.05) is 5.32 Å². The van der Waals surface area contributed by atoms with E-state index in [9.17, 15) is 14.0 Å². The molecule has 1 N–H and O–H groups in total. The van der Waals surface area contributed by atoms with Gasteiger partial charge in [-0.1, -0.05) is 15.9 Å². The molecule has 2 aromatic heterocycles. The van der Waals surface area contributed by atoms with Gasteiger partial charge in [0.25, 0.3) is 5.56 Å². The van der Waals surface area contributed by atoms with Crippen LogP contribution in [0.3, 0.4) is 0 Å². The number of halogens is 2. The third-order valence-electron chi connectivity index (χ3n) is 3.85. The molecule has 0 saturated carbocycles. The highest BCUT2D eigenvalue weighted by molar-refractivity contribution is 9.10. The maximum Gasteiger partial charge on any atom is 0.332 e. The van der Waals surface area contributed by atoms with Gasteiger partial charge in [-0.2, -0.15) is 0 Å². The summed E-state index contributed by atoms with van der Waals surface area (Å²) in [6, 6.07) is 4.59. The number of fused-ring (bicyclic) bond motifs is 1. The number of rotatable bonds is 2. The van der Waals surface area contributed by atoms with Gasteiger partial charge in [0.05, 0.1) is 11.4 Å². The molecule has 0 atom stereocenters. The third-order valence-corrected chi connectivity index (χ3v) is 4.34. The zero-order valence-electron chi connectivity index (χ0n) is 13.2. The van der Waals surface area contributed by atoms with Crippen molar-refractivity contribution in [1.82, 2.24) is 14.1 Å². The number of benzene rings is 1. The number of pyridine rings is 1. The first kappa shape index (κ1) is 16.4. The molecule has 0 aliphatic rings. The first-order chi connectivity index (χ1) is 11.3. The second-order valence-electron chi connectivity index (χ2n) is 5.47. The molecule has 8 heteroatoms. The molecule has 24 heavy (non-hydrogen) atoms. The van der Waals surface area contributed by atoms with Gasteiger partial charge in [0.15, 0.2) is 5.65 Å². The van der Waals surface area contributed by atoms with E-state index < -0.39 is 17.1 Å². The Morgan fingerprint density at radius 1 is 1.21 bits per heavy atom. The predicted molar refractivity (Wildman–Crippen MR) is 94.3 cm³/mol. The van der Waals surface area contributed by atoms with Crippen molar-refractivity contribution in [2.45, 2.75) is 6.92 Å². The average Bonchev–Trinajstić information content (AvgIpc) is 2.54. The van der Waals surface area contributed by atoms with E-state index in [1.807, 2.05) is 0 Å². The Bertz CT molecular complexity index is 1090. The summed E-state index contributed by atoms with van der Waals surface area (Å²) in [5, 5.41) is 3.20. The van der Waals surface area contributed by atoms with E-state index in [0.717, 1.165) is 4.57 Å². The van der Waals surface area contributed by atoms with Crippen LogP contribution >= 0.6 is 15.9 Å². The molecule has 0 saturated heterocycles. The minimum Gasteiger partial charge on any atom is -0.352 e. The molecule has 0 aliphatic heterocycles. The fourth-order valence-electron chi connectivity index (χ4n) is 2.51. The molecule has 0 bridgehead atoms. The Hall–Kier alpha value is -2.48. The van der Waals surface area contributed by atoms with Crippen molar-refractivity contribution >= 4 is 38.3 Å². The number of aryl methyl sites for hydroxylation is 2. The van der Waals surface area contributed by atoms with E-state index in [0.29, 0.717) is 15.7 Å². The van der Waals surface area contributed by atoms with Crippen LogP contribution in [-0.2, 0) is 14.1 Å². The van der Waals surface area contributed by atoms with Crippen molar-refractivity contribution in [1.29, 1.82) is 0 Å². The van der Waals surface area contributed by atoms with Gasteiger partial charge < -0.3 is 5.32 Å². The fourth-order valence-corrected chi connectivity index (χ4v) is 2.84. The normalized spacial score (nSPS) is 11.0. The number of nitrogens with one attached hydrogen (secondary N) is 1. The van der Waals surface area contributed by atoms with E-state index in [4.69, 9.17) is 0 Å². The van der Waals surface area contributed by atoms with E-state index in [1.54, 1.807) is 25.3 Å². The summed E-state index contributed by atoms with van der Waals surface area (Å²) in [5.41, 5.74) is 0.616. The summed E-state index contributed by atoms with van der Waals surface area (Å²) >= 11 is 3.21. The second kappa shape index (κ2) is 5.86. The van der Waals surface area contributed by atoms with Gasteiger partial charge in [-0.3, -0.25) is 13.9 Å². The first-order valence-electron chi connectivity index (χ1n) is 7.08. The van der Waals surface area contributed by atoms with Crippen LogP contribution < -0.4 is 16.6 Å². The summed E-state index contributed by atoms with van der Waals surface area (Å²) < 4.78 is 17.1. The predicted octanol–water partition coefficient (Wildman–Crippen LogP) is 2.59. The molecule has 0 fully saturated rings. The van der Waals surface area contributed by atoms with Gasteiger partial charge in [-0.25, -0.2) is 14.2 Å². The lowest BCUT2D eigenvalue weighted by Crippen LogP contribution is -2.37. The molecule has 1 aromatic carbocycles. The average molecular weight is 393 g/mol. The molecule has 3 rings (SSSR count). The lowest BCUT2D eigenvalue weighted by Gasteiger charge is -2.15. The number of nitrogens with zero attached hydrogens (tertiary/aromatic N) is 3. The Balaban J connectivity index is 2.34. The van der Waals surface area contributed by atoms with E-state index in [2.05, 4.69) is 26.2 Å². The smallest absolute Gasteiger partial charge is 0.332 e. The molecule has 6 nitrogen and oxygen atoms in total. The molecule has 2 heterocycles. The molecule has 0 amide bonds. The van der Waals surface area contributed by atoms with Gasteiger partial charge >= 0.3 is 5.69 Å². The molecule has 0 unspecified atom stereocenters. The number of hydrogen-bond acceptors (Lipinski definition) is 4. The molecular weight excluding hydrogens is 379 g/mol.